The van der Waals surface area contributed by atoms with Gasteiger partial charge in [-0.25, -0.2) is 9.59 Å². The van der Waals surface area contributed by atoms with Crippen molar-refractivity contribution in [2.75, 3.05) is 62.5 Å². The van der Waals surface area contributed by atoms with Crippen molar-refractivity contribution in [1.29, 1.82) is 0 Å². The molecule has 15 atom stereocenters. The standard InChI is InChI=1S/C72H86O19/c1-9-56(75-3)60(77-5)65(79-7)69(73)87-47-58-62(82-42-51-31-19-12-20-32-51)64(84-44-53-35-23-14-24-36-53)67(85-45-54-37-25-15-26-38-54)71(89-58)91-72(49-81-41-50-29-17-11-18-30-50)68(86-46-55-39-27-16-28-40-55)63(83-43-52-33-21-13-22-34-52)59(90-72)48-88-70(74)66(80-8)61(78-6)57(10-2)76-4/h9-40,56-68,71H,1-2,41-49H2,3-8H3/t56-,57-,58-,59-,60+,61+,62-,63-,64+,65-,66-,67-,68+,71-,72+/m1/s1. The number of hydrogen-bond acceptors (Lipinski definition) is 19. The van der Waals surface area contributed by atoms with Crippen LogP contribution in [0.3, 0.4) is 0 Å². The van der Waals surface area contributed by atoms with Crippen LogP contribution in [-0.2, 0) is 130 Å². The van der Waals surface area contributed by atoms with Crippen LogP contribution >= 0.6 is 0 Å². The minimum Gasteiger partial charge on any atom is -0.461 e. The monoisotopic (exact) mass is 1250 g/mol. The lowest BCUT2D eigenvalue weighted by atomic mass is 9.97. The zero-order valence-electron chi connectivity index (χ0n) is 52.6. The van der Waals surface area contributed by atoms with Crippen LogP contribution in [0.15, 0.2) is 207 Å². The second-order valence-corrected chi connectivity index (χ2v) is 21.7. The van der Waals surface area contributed by atoms with Crippen molar-refractivity contribution in [2.45, 2.75) is 131 Å². The van der Waals surface area contributed by atoms with Crippen molar-refractivity contribution in [3.05, 3.63) is 241 Å². The molecule has 2 fully saturated rings. The molecule has 488 valence electrons. The Morgan fingerprint density at radius 3 is 1.15 bits per heavy atom. The Labute approximate surface area is 534 Å². The third-order valence-electron chi connectivity index (χ3n) is 15.7. The van der Waals surface area contributed by atoms with E-state index >= 15 is 0 Å². The molecule has 2 saturated heterocycles. The summed E-state index contributed by atoms with van der Waals surface area (Å²) >= 11 is 0. The molecule has 0 unspecified atom stereocenters. The van der Waals surface area contributed by atoms with E-state index in [1.807, 2.05) is 182 Å². The van der Waals surface area contributed by atoms with E-state index in [0.29, 0.717) is 0 Å². The quantitative estimate of drug-likeness (QED) is 0.0262. The van der Waals surface area contributed by atoms with Crippen LogP contribution in [0.25, 0.3) is 0 Å². The second kappa shape index (κ2) is 37.0. The molecule has 0 radical (unpaired) electrons. The van der Waals surface area contributed by atoms with Crippen molar-refractivity contribution in [3.8, 4) is 0 Å². The third kappa shape index (κ3) is 19.6. The summed E-state index contributed by atoms with van der Waals surface area (Å²) in [6.07, 6.45) is -12.5. The summed E-state index contributed by atoms with van der Waals surface area (Å²) < 4.78 is 111. The first-order valence-electron chi connectivity index (χ1n) is 30.2. The van der Waals surface area contributed by atoms with Crippen molar-refractivity contribution in [2.24, 2.45) is 0 Å². The molecule has 0 bridgehead atoms. The Balaban J connectivity index is 1.28. The molecule has 19 heteroatoms. The van der Waals surface area contributed by atoms with Crippen LogP contribution in [-0.4, -0.2) is 166 Å². The van der Waals surface area contributed by atoms with Gasteiger partial charge in [0.25, 0.3) is 0 Å². The molecule has 0 N–H and O–H groups in total. The Morgan fingerprint density at radius 1 is 0.429 bits per heavy atom. The molecule has 0 spiro atoms. The van der Waals surface area contributed by atoms with Gasteiger partial charge in [0.15, 0.2) is 18.5 Å². The molecule has 2 heterocycles. The molecule has 0 saturated carbocycles. The van der Waals surface area contributed by atoms with E-state index in [4.69, 9.17) is 80.5 Å². The molecule has 0 aliphatic carbocycles. The van der Waals surface area contributed by atoms with E-state index in [2.05, 4.69) is 13.2 Å². The second-order valence-electron chi connectivity index (χ2n) is 21.7. The maximum Gasteiger partial charge on any atom is 0.338 e. The van der Waals surface area contributed by atoms with E-state index in [1.54, 1.807) is 0 Å². The van der Waals surface area contributed by atoms with E-state index in [-0.39, 0.29) is 46.2 Å². The first-order valence-corrected chi connectivity index (χ1v) is 30.2. The van der Waals surface area contributed by atoms with Crippen LogP contribution in [0.5, 0.6) is 0 Å². The maximum absolute atomic E-state index is 14.5. The molecule has 0 aromatic heterocycles. The highest BCUT2D eigenvalue weighted by Crippen LogP contribution is 2.43. The van der Waals surface area contributed by atoms with Crippen molar-refractivity contribution < 1.29 is 90.1 Å². The lowest BCUT2D eigenvalue weighted by molar-refractivity contribution is -0.398. The highest BCUT2D eigenvalue weighted by atomic mass is 16.8. The Morgan fingerprint density at radius 2 is 0.780 bits per heavy atom. The molecular formula is C72H86O19. The average Bonchev–Trinajstić information content (AvgIpc) is 1.69. The van der Waals surface area contributed by atoms with Crippen LogP contribution in [0.1, 0.15) is 33.4 Å². The van der Waals surface area contributed by atoms with Crippen LogP contribution in [0.4, 0.5) is 0 Å². The summed E-state index contributed by atoms with van der Waals surface area (Å²) in [5, 5.41) is 0. The van der Waals surface area contributed by atoms with E-state index in [1.165, 1.54) is 54.8 Å². The Hall–Kier alpha value is -6.86. The number of benzene rings is 6. The number of carbonyl (C=O) groups excluding carboxylic acids is 2. The van der Waals surface area contributed by atoms with Gasteiger partial charge >= 0.3 is 11.9 Å². The van der Waals surface area contributed by atoms with Gasteiger partial charge in [-0.3, -0.25) is 0 Å². The number of methoxy groups -OCH3 is 6. The minimum atomic E-state index is -2.05. The van der Waals surface area contributed by atoms with Crippen LogP contribution in [0.2, 0.25) is 0 Å². The predicted molar refractivity (Wildman–Crippen MR) is 336 cm³/mol. The summed E-state index contributed by atoms with van der Waals surface area (Å²) in [5.74, 6) is -3.63. The topological polar surface area (TPSA) is 191 Å². The molecule has 0 amide bonds. The summed E-state index contributed by atoms with van der Waals surface area (Å²) in [6.45, 7) is 6.90. The predicted octanol–water partition coefficient (Wildman–Crippen LogP) is 9.52. The molecule has 19 nitrogen and oxygen atoms in total. The number of hydrogen-bond donors (Lipinski definition) is 0. The summed E-state index contributed by atoms with van der Waals surface area (Å²) in [6, 6.07) is 57.7. The van der Waals surface area contributed by atoms with Gasteiger partial charge in [-0.05, 0) is 33.4 Å². The van der Waals surface area contributed by atoms with Gasteiger partial charge in [-0.2, -0.15) is 0 Å². The van der Waals surface area contributed by atoms with Gasteiger partial charge in [-0.1, -0.05) is 194 Å². The minimum absolute atomic E-state index is 0.0206. The zero-order valence-corrected chi connectivity index (χ0v) is 52.6. The summed E-state index contributed by atoms with van der Waals surface area (Å²) in [4.78, 5) is 29.0. The van der Waals surface area contributed by atoms with Crippen molar-refractivity contribution in [1.82, 2.24) is 0 Å². The number of carbonyl (C=O) groups is 2. The molecule has 2 aliphatic heterocycles. The highest BCUT2D eigenvalue weighted by Gasteiger charge is 2.62. The lowest BCUT2D eigenvalue weighted by Gasteiger charge is -2.48. The molecular weight excluding hydrogens is 1170 g/mol. The van der Waals surface area contributed by atoms with Crippen LogP contribution in [0, 0.1) is 0 Å². The van der Waals surface area contributed by atoms with Gasteiger partial charge in [-0.15, -0.1) is 13.2 Å². The van der Waals surface area contributed by atoms with Gasteiger partial charge in [0.05, 0.1) is 39.6 Å². The maximum atomic E-state index is 14.5. The lowest BCUT2D eigenvalue weighted by Crippen LogP contribution is -2.65. The number of rotatable bonds is 39. The molecule has 91 heavy (non-hydrogen) atoms. The zero-order chi connectivity index (χ0) is 64.2. The van der Waals surface area contributed by atoms with Gasteiger partial charge < -0.3 is 80.5 Å². The fourth-order valence-electron chi connectivity index (χ4n) is 11.0. The largest absolute Gasteiger partial charge is 0.461 e. The van der Waals surface area contributed by atoms with Gasteiger partial charge in [0, 0.05) is 42.7 Å². The van der Waals surface area contributed by atoms with Crippen LogP contribution < -0.4 is 0 Å². The van der Waals surface area contributed by atoms with E-state index < -0.39 is 117 Å². The highest BCUT2D eigenvalue weighted by molar-refractivity contribution is 5.76. The summed E-state index contributed by atoms with van der Waals surface area (Å²) in [5.41, 5.74) is 4.98. The number of ether oxygens (including phenoxy) is 17. The molecule has 6 aromatic rings. The SMILES string of the molecule is C=C[C@@H](OC)[C@H](OC)[C@@H](OC)C(=O)OC[C@H]1O[C@@](COCc2ccccc2)(O[C@H]2O[C@H](COC(=O)[C@H](OC)[C@@H](OC)[C@@H](C=C)OC)[C@@H](OCc3ccccc3)[C@H](OCc3ccccc3)[C@H]2OCc2ccccc2)[C@@H](OCc2ccccc2)[C@@H]1OCc1ccccc1. The smallest absolute Gasteiger partial charge is 0.338 e. The first kappa shape index (κ1) is 70.0. The van der Waals surface area contributed by atoms with Gasteiger partial charge in [0.2, 0.25) is 5.79 Å². The Kier molecular flexibility index (Phi) is 28.5. The van der Waals surface area contributed by atoms with E-state index in [9.17, 15) is 9.59 Å². The van der Waals surface area contributed by atoms with Gasteiger partial charge in [0.1, 0.15) is 87.0 Å². The first-order chi connectivity index (χ1) is 44.6. The molecule has 6 aromatic carbocycles. The third-order valence-corrected chi connectivity index (χ3v) is 15.7. The number of esters is 2. The fraction of sp³-hybridized carbons (Fsp3) is 0.417. The average molecular weight is 1260 g/mol. The van der Waals surface area contributed by atoms with Crippen molar-refractivity contribution >= 4 is 11.9 Å². The fourth-order valence-corrected chi connectivity index (χ4v) is 11.0. The normalized spacial score (nSPS) is 23.5. The molecule has 2 aliphatic rings. The van der Waals surface area contributed by atoms with Crippen molar-refractivity contribution in [3.63, 3.8) is 0 Å². The summed E-state index contributed by atoms with van der Waals surface area (Å²) in [7, 11) is 8.56. The molecule has 8 rings (SSSR count). The van der Waals surface area contributed by atoms with E-state index in [0.717, 1.165) is 33.4 Å². The Bertz CT molecular complexity index is 3020.